The number of aromatic nitrogens is 1. The number of benzene rings is 2. The zero-order chi connectivity index (χ0) is 22.6. The van der Waals surface area contributed by atoms with Gasteiger partial charge in [-0.2, -0.15) is 8.42 Å². The quantitative estimate of drug-likeness (QED) is 0.560. The fourth-order valence-electron chi connectivity index (χ4n) is 5.23. The molecule has 2 aromatic carbocycles. The Kier molecular flexibility index (Phi) is 4.99. The molecule has 170 valence electrons. The number of rotatable bonds is 2. The largest absolute Gasteiger partial charge is 0.343 e. The van der Waals surface area contributed by atoms with E-state index in [2.05, 4.69) is 10.5 Å². The van der Waals surface area contributed by atoms with Crippen molar-refractivity contribution in [2.45, 2.75) is 42.5 Å². The van der Waals surface area contributed by atoms with Gasteiger partial charge in [-0.1, -0.05) is 24.3 Å². The molecule has 2 atom stereocenters. The van der Waals surface area contributed by atoms with Crippen LogP contribution in [0.1, 0.15) is 42.2 Å². The highest BCUT2D eigenvalue weighted by Gasteiger charge is 2.41. The highest BCUT2D eigenvalue weighted by Crippen LogP contribution is 2.35. The third kappa shape index (κ3) is 3.54. The number of nitrogens with zero attached hydrogens (tertiary/aromatic N) is 4. The molecule has 1 amide bonds. The zero-order valence-electron chi connectivity index (χ0n) is 18.1. The molecule has 6 rings (SSSR count). The standard InChI is InChI=1S/C24H24N4O3S2/c29-24(27-13-5-7-16(15-27)23-25-18-9-2-3-11-20(18)32-23)19-10-6-14-28(19)22-17-8-1-4-12-21(17)33(30,31)26-22/h1-4,8-9,11-12,16,19H,5-7,10,13-15H2/t16-,19-/m0/s1. The molecule has 1 aromatic heterocycles. The summed E-state index contributed by atoms with van der Waals surface area (Å²) >= 11 is 1.72. The number of hydrogen-bond acceptors (Lipinski definition) is 6. The second-order valence-electron chi connectivity index (χ2n) is 8.88. The number of amides is 1. The maximum Gasteiger partial charge on any atom is 0.285 e. The molecule has 0 radical (unpaired) electrons. The van der Waals surface area contributed by atoms with Gasteiger partial charge in [-0.15, -0.1) is 15.7 Å². The normalized spacial score (nSPS) is 24.2. The molecule has 0 saturated carbocycles. The van der Waals surface area contributed by atoms with Crippen LogP contribution < -0.4 is 0 Å². The third-order valence-corrected chi connectivity index (χ3v) is 9.34. The molecule has 9 heteroatoms. The summed E-state index contributed by atoms with van der Waals surface area (Å²) in [4.78, 5) is 22.6. The lowest BCUT2D eigenvalue weighted by Gasteiger charge is -2.36. The monoisotopic (exact) mass is 480 g/mol. The molecule has 0 spiro atoms. The van der Waals surface area contributed by atoms with Gasteiger partial charge in [0, 0.05) is 31.1 Å². The Balaban J connectivity index is 1.25. The lowest BCUT2D eigenvalue weighted by Crippen LogP contribution is -2.50. The van der Waals surface area contributed by atoms with Crippen LogP contribution in [0, 0.1) is 0 Å². The maximum absolute atomic E-state index is 13.7. The summed E-state index contributed by atoms with van der Waals surface area (Å²) in [7, 11) is -3.71. The molecule has 0 bridgehead atoms. The van der Waals surface area contributed by atoms with Crippen LogP contribution in [0.4, 0.5) is 0 Å². The number of piperidine rings is 1. The molecule has 7 nitrogen and oxygen atoms in total. The second kappa shape index (κ2) is 7.92. The first-order valence-electron chi connectivity index (χ1n) is 11.4. The molecule has 0 unspecified atom stereocenters. The Morgan fingerprint density at radius 2 is 1.79 bits per heavy atom. The van der Waals surface area contributed by atoms with Gasteiger partial charge >= 0.3 is 0 Å². The van der Waals surface area contributed by atoms with Crippen LogP contribution in [0.5, 0.6) is 0 Å². The lowest BCUT2D eigenvalue weighted by molar-refractivity contribution is -0.136. The van der Waals surface area contributed by atoms with E-state index in [1.54, 1.807) is 29.5 Å². The molecule has 0 aliphatic carbocycles. The number of amidine groups is 1. The van der Waals surface area contributed by atoms with Gasteiger partial charge in [-0.05, 0) is 49.9 Å². The fourth-order valence-corrected chi connectivity index (χ4v) is 7.54. The number of thiazole rings is 1. The number of sulfonamides is 1. The van der Waals surface area contributed by atoms with E-state index in [1.807, 2.05) is 34.1 Å². The number of fused-ring (bicyclic) bond motifs is 2. The van der Waals surface area contributed by atoms with E-state index in [-0.39, 0.29) is 22.8 Å². The molecule has 33 heavy (non-hydrogen) atoms. The summed E-state index contributed by atoms with van der Waals surface area (Å²) in [5.74, 6) is 0.726. The van der Waals surface area contributed by atoms with Gasteiger partial charge < -0.3 is 9.80 Å². The molecule has 3 aromatic rings. The molecule has 0 N–H and O–H groups in total. The van der Waals surface area contributed by atoms with Gasteiger partial charge in [0.05, 0.1) is 15.2 Å². The van der Waals surface area contributed by atoms with E-state index < -0.39 is 10.0 Å². The van der Waals surface area contributed by atoms with Crippen LogP contribution >= 0.6 is 11.3 Å². The smallest absolute Gasteiger partial charge is 0.285 e. The second-order valence-corrected chi connectivity index (χ2v) is 11.5. The van der Waals surface area contributed by atoms with Crippen LogP contribution in [-0.2, 0) is 14.8 Å². The molecular weight excluding hydrogens is 456 g/mol. The van der Waals surface area contributed by atoms with Crippen LogP contribution in [0.2, 0.25) is 0 Å². The number of carbonyl (C=O) groups is 1. The first kappa shape index (κ1) is 20.8. The van der Waals surface area contributed by atoms with Gasteiger partial charge in [0.2, 0.25) is 5.91 Å². The SMILES string of the molecule is O=C([C@@H]1CCCN1C1=NS(=O)(=O)c2ccccc21)N1CCC[C@H](c2nc3ccccc3s2)C1. The Morgan fingerprint density at radius 3 is 2.67 bits per heavy atom. The molecule has 3 aliphatic heterocycles. The van der Waals surface area contributed by atoms with Crippen LogP contribution in [0.15, 0.2) is 57.8 Å². The molecule has 4 heterocycles. The molecule has 3 aliphatic rings. The van der Waals surface area contributed by atoms with E-state index >= 15 is 0 Å². The highest BCUT2D eigenvalue weighted by atomic mass is 32.2. The van der Waals surface area contributed by atoms with Gasteiger partial charge in [0.1, 0.15) is 10.9 Å². The number of para-hydroxylation sites is 1. The van der Waals surface area contributed by atoms with Crippen molar-refractivity contribution in [2.24, 2.45) is 4.40 Å². The van der Waals surface area contributed by atoms with E-state index in [4.69, 9.17) is 4.98 Å². The minimum absolute atomic E-state index is 0.0720. The number of carbonyl (C=O) groups excluding carboxylic acids is 1. The van der Waals surface area contributed by atoms with Crippen molar-refractivity contribution >= 4 is 43.3 Å². The van der Waals surface area contributed by atoms with Crippen molar-refractivity contribution in [2.75, 3.05) is 19.6 Å². The van der Waals surface area contributed by atoms with E-state index in [1.165, 1.54) is 4.70 Å². The molecule has 2 saturated heterocycles. The van der Waals surface area contributed by atoms with E-state index in [0.29, 0.717) is 30.9 Å². The predicted molar refractivity (Wildman–Crippen MR) is 128 cm³/mol. The van der Waals surface area contributed by atoms with Gasteiger partial charge in [0.25, 0.3) is 10.0 Å². The summed E-state index contributed by atoms with van der Waals surface area (Å²) in [6.07, 6.45) is 3.52. The Hall–Kier alpha value is -2.78. The zero-order valence-corrected chi connectivity index (χ0v) is 19.7. The first-order valence-corrected chi connectivity index (χ1v) is 13.6. The summed E-state index contributed by atoms with van der Waals surface area (Å²) in [6, 6.07) is 14.7. The first-order chi connectivity index (χ1) is 16.0. The Bertz CT molecular complexity index is 1350. The lowest BCUT2D eigenvalue weighted by atomic mass is 9.97. The topological polar surface area (TPSA) is 82.9 Å². The Morgan fingerprint density at radius 1 is 1.00 bits per heavy atom. The van der Waals surface area contributed by atoms with Crippen molar-refractivity contribution in [3.05, 3.63) is 59.1 Å². The predicted octanol–water partition coefficient (Wildman–Crippen LogP) is 3.62. The Labute approximate surface area is 196 Å². The van der Waals surface area contributed by atoms with Crippen molar-refractivity contribution in [1.82, 2.24) is 14.8 Å². The minimum atomic E-state index is -3.71. The fraction of sp³-hybridized carbons (Fsp3) is 0.375. The van der Waals surface area contributed by atoms with E-state index in [9.17, 15) is 13.2 Å². The number of likely N-dealkylation sites (tertiary alicyclic amines) is 2. The average Bonchev–Trinajstić information content (AvgIpc) is 3.55. The number of hydrogen-bond donors (Lipinski definition) is 0. The van der Waals surface area contributed by atoms with Crippen molar-refractivity contribution in [3.8, 4) is 0 Å². The summed E-state index contributed by atoms with van der Waals surface area (Å²) in [6.45, 7) is 2.02. The van der Waals surface area contributed by atoms with Crippen LogP contribution in [0.3, 0.4) is 0 Å². The summed E-state index contributed by atoms with van der Waals surface area (Å²) in [5, 5.41) is 1.09. The van der Waals surface area contributed by atoms with Gasteiger partial charge in [-0.25, -0.2) is 4.98 Å². The van der Waals surface area contributed by atoms with Crippen molar-refractivity contribution in [1.29, 1.82) is 0 Å². The highest BCUT2D eigenvalue weighted by molar-refractivity contribution is 7.90. The summed E-state index contributed by atoms with van der Waals surface area (Å²) in [5.41, 5.74) is 1.62. The van der Waals surface area contributed by atoms with Gasteiger partial charge in [-0.3, -0.25) is 4.79 Å². The van der Waals surface area contributed by atoms with E-state index in [0.717, 1.165) is 36.3 Å². The average molecular weight is 481 g/mol. The molecular formula is C24H24N4O3S2. The van der Waals surface area contributed by atoms with Crippen molar-refractivity contribution < 1.29 is 13.2 Å². The summed E-state index contributed by atoms with van der Waals surface area (Å²) < 4.78 is 30.4. The van der Waals surface area contributed by atoms with Gasteiger partial charge in [0.15, 0.2) is 5.84 Å². The minimum Gasteiger partial charge on any atom is -0.343 e. The van der Waals surface area contributed by atoms with Crippen LogP contribution in [-0.4, -0.2) is 60.6 Å². The van der Waals surface area contributed by atoms with Crippen LogP contribution in [0.25, 0.3) is 10.2 Å². The molecule has 2 fully saturated rings. The maximum atomic E-state index is 13.7. The third-order valence-electron chi connectivity index (χ3n) is 6.82. The van der Waals surface area contributed by atoms with Crippen molar-refractivity contribution in [3.63, 3.8) is 0 Å².